The van der Waals surface area contributed by atoms with Crippen molar-refractivity contribution in [2.45, 2.75) is 19.9 Å². The highest BCUT2D eigenvalue weighted by Gasteiger charge is 2.18. The van der Waals surface area contributed by atoms with Gasteiger partial charge in [0.15, 0.2) is 17.3 Å². The molecule has 0 spiro atoms. The fourth-order valence-electron chi connectivity index (χ4n) is 5.05. The van der Waals surface area contributed by atoms with Gasteiger partial charge in [-0.1, -0.05) is 12.1 Å². The number of hydrogen-bond acceptors (Lipinski definition) is 8. The Morgan fingerprint density at radius 1 is 0.958 bits per heavy atom. The summed E-state index contributed by atoms with van der Waals surface area (Å²) >= 11 is 1.44. The SMILES string of the molecule is COCCNCc1ccc(-c2cc3nccc(Oc4ccc(CC(=O)c5cc(C)cn(-c6ccc(F)cc6)c5=O)cc4F)c3s2)nc1.Cl. The number of benzene rings is 2. The smallest absolute Gasteiger partial charge is 0.265 e. The zero-order valence-electron chi connectivity index (χ0n) is 26.0. The van der Waals surface area contributed by atoms with Crippen molar-refractivity contribution in [3.05, 3.63) is 136 Å². The summed E-state index contributed by atoms with van der Waals surface area (Å²) in [4.78, 5) is 36.4. The number of carbonyl (C=O) groups excluding carboxylic acids is 1. The van der Waals surface area contributed by atoms with E-state index in [2.05, 4.69) is 15.3 Å². The molecule has 0 saturated heterocycles. The lowest BCUT2D eigenvalue weighted by atomic mass is 10.0. The number of halogens is 3. The number of nitrogens with one attached hydrogen (secondary N) is 1. The predicted molar refractivity (Wildman–Crippen MR) is 185 cm³/mol. The molecule has 4 aromatic heterocycles. The van der Waals surface area contributed by atoms with E-state index in [9.17, 15) is 14.0 Å². The van der Waals surface area contributed by atoms with Gasteiger partial charge in [0, 0.05) is 57.0 Å². The quantitative estimate of drug-likeness (QED) is 0.105. The number of aryl methyl sites for hydroxylation is 1. The molecule has 12 heteroatoms. The minimum Gasteiger partial charge on any atom is -0.453 e. The van der Waals surface area contributed by atoms with Crippen molar-refractivity contribution in [1.29, 1.82) is 0 Å². The zero-order chi connectivity index (χ0) is 32.9. The Labute approximate surface area is 285 Å². The number of methoxy groups -OCH3 is 1. The van der Waals surface area contributed by atoms with Crippen molar-refractivity contribution in [1.82, 2.24) is 19.9 Å². The molecular formula is C36H31ClF2N4O4S. The molecule has 0 aliphatic rings. The number of pyridine rings is 3. The lowest BCUT2D eigenvalue weighted by Gasteiger charge is -2.11. The van der Waals surface area contributed by atoms with E-state index in [1.165, 1.54) is 58.4 Å². The maximum atomic E-state index is 15.3. The van der Waals surface area contributed by atoms with Crippen LogP contribution in [-0.4, -0.2) is 40.6 Å². The van der Waals surface area contributed by atoms with E-state index in [1.54, 1.807) is 38.6 Å². The van der Waals surface area contributed by atoms with E-state index in [0.29, 0.717) is 41.2 Å². The molecule has 4 heterocycles. The molecule has 0 aliphatic carbocycles. The molecule has 48 heavy (non-hydrogen) atoms. The van der Waals surface area contributed by atoms with Crippen LogP contribution in [0.15, 0.2) is 96.2 Å². The number of carbonyl (C=O) groups is 1. The Morgan fingerprint density at radius 2 is 1.75 bits per heavy atom. The van der Waals surface area contributed by atoms with Gasteiger partial charge >= 0.3 is 0 Å². The molecule has 6 rings (SSSR count). The molecule has 0 unspecified atom stereocenters. The Bertz CT molecular complexity index is 2120. The normalized spacial score (nSPS) is 11.0. The van der Waals surface area contributed by atoms with Gasteiger partial charge in [-0.15, -0.1) is 23.7 Å². The average Bonchev–Trinajstić information content (AvgIpc) is 3.51. The first-order valence-electron chi connectivity index (χ1n) is 14.8. The summed E-state index contributed by atoms with van der Waals surface area (Å²) in [5, 5.41) is 3.29. The van der Waals surface area contributed by atoms with Gasteiger partial charge in [0.2, 0.25) is 0 Å². The average molecular weight is 689 g/mol. The molecule has 0 radical (unpaired) electrons. The zero-order valence-corrected chi connectivity index (χ0v) is 27.7. The molecule has 246 valence electrons. The third kappa shape index (κ3) is 7.83. The summed E-state index contributed by atoms with van der Waals surface area (Å²) in [7, 11) is 1.66. The number of fused-ring (bicyclic) bond motifs is 1. The van der Waals surface area contributed by atoms with Crippen LogP contribution in [0.3, 0.4) is 0 Å². The van der Waals surface area contributed by atoms with E-state index in [1.807, 2.05) is 24.4 Å². The van der Waals surface area contributed by atoms with E-state index in [4.69, 9.17) is 9.47 Å². The molecule has 0 fully saturated rings. The molecule has 2 aromatic carbocycles. The van der Waals surface area contributed by atoms with Gasteiger partial charge in [0.25, 0.3) is 5.56 Å². The Hall–Kier alpha value is -4.81. The number of hydrogen-bond donors (Lipinski definition) is 1. The van der Waals surface area contributed by atoms with Crippen molar-refractivity contribution in [3.8, 4) is 27.8 Å². The van der Waals surface area contributed by atoms with E-state index in [0.717, 1.165) is 27.4 Å². The maximum absolute atomic E-state index is 15.3. The second kappa shape index (κ2) is 15.4. The van der Waals surface area contributed by atoms with Gasteiger partial charge in [-0.05, 0) is 78.2 Å². The first-order valence-corrected chi connectivity index (χ1v) is 15.6. The molecule has 6 aromatic rings. The van der Waals surface area contributed by atoms with Crippen LogP contribution in [0.4, 0.5) is 8.78 Å². The Kier molecular flexibility index (Phi) is 11.1. The van der Waals surface area contributed by atoms with Crippen LogP contribution < -0.4 is 15.6 Å². The van der Waals surface area contributed by atoms with E-state index < -0.39 is 23.0 Å². The Balaban J connectivity index is 0.00000451. The van der Waals surface area contributed by atoms with Crippen LogP contribution >= 0.6 is 23.7 Å². The Morgan fingerprint density at radius 3 is 2.48 bits per heavy atom. The molecule has 0 saturated carbocycles. The van der Waals surface area contributed by atoms with Crippen molar-refractivity contribution >= 4 is 39.7 Å². The van der Waals surface area contributed by atoms with Gasteiger partial charge in [-0.25, -0.2) is 8.78 Å². The molecule has 0 bridgehead atoms. The number of aromatic nitrogens is 3. The van der Waals surface area contributed by atoms with Crippen molar-refractivity contribution in [2.75, 3.05) is 20.3 Å². The monoisotopic (exact) mass is 688 g/mol. The minimum atomic E-state index is -0.652. The van der Waals surface area contributed by atoms with Crippen molar-refractivity contribution < 1.29 is 23.0 Å². The molecular weight excluding hydrogens is 658 g/mol. The highest BCUT2D eigenvalue weighted by atomic mass is 35.5. The first-order chi connectivity index (χ1) is 22.8. The van der Waals surface area contributed by atoms with Crippen molar-refractivity contribution in [2.24, 2.45) is 0 Å². The number of Topliss-reactive ketones (excluding diaryl/α,β-unsaturated/α-hetero) is 1. The highest BCUT2D eigenvalue weighted by Crippen LogP contribution is 2.39. The first kappa shape index (κ1) is 34.5. The van der Waals surface area contributed by atoms with Crippen LogP contribution in [0.25, 0.3) is 26.5 Å². The number of rotatable bonds is 12. The standard InChI is InChI=1S/C36H30F2N4O4S.ClH/c1-22-15-27(36(44)42(21-22)26-7-5-25(37)6-8-26)31(43)17-23-4-10-32(28(38)16-23)46-33-11-12-40-30-18-34(47-35(30)33)29-9-3-24(20-41-29)19-39-13-14-45-2;/h3-12,15-16,18,20-21,39H,13-14,17,19H2,1-2H3;1H. The topological polar surface area (TPSA) is 95.3 Å². The predicted octanol–water partition coefficient (Wildman–Crippen LogP) is 7.47. The maximum Gasteiger partial charge on any atom is 0.265 e. The van der Waals surface area contributed by atoms with Gasteiger partial charge in [-0.2, -0.15) is 0 Å². The fraction of sp³-hybridized carbons (Fsp3) is 0.167. The lowest BCUT2D eigenvalue weighted by Crippen LogP contribution is -2.26. The second-order valence-corrected chi connectivity index (χ2v) is 12.0. The minimum absolute atomic E-state index is 0. The van der Waals surface area contributed by atoms with Crippen LogP contribution in [-0.2, 0) is 17.7 Å². The van der Waals surface area contributed by atoms with Gasteiger partial charge in [-0.3, -0.25) is 24.1 Å². The molecule has 0 atom stereocenters. The number of ether oxygens (including phenoxy) is 2. The molecule has 0 amide bonds. The largest absolute Gasteiger partial charge is 0.453 e. The summed E-state index contributed by atoms with van der Waals surface area (Å²) in [5.41, 5.74) is 3.45. The van der Waals surface area contributed by atoms with Crippen LogP contribution in [0.2, 0.25) is 0 Å². The van der Waals surface area contributed by atoms with Gasteiger partial charge < -0.3 is 14.8 Å². The summed E-state index contributed by atoms with van der Waals surface area (Å²) in [6, 6.07) is 18.8. The third-order valence-corrected chi connectivity index (χ3v) is 8.57. The number of nitrogens with zero attached hydrogens (tertiary/aromatic N) is 3. The molecule has 1 N–H and O–H groups in total. The summed E-state index contributed by atoms with van der Waals surface area (Å²) in [6.07, 6.45) is 4.82. The van der Waals surface area contributed by atoms with Crippen LogP contribution in [0.5, 0.6) is 11.5 Å². The summed E-state index contributed by atoms with van der Waals surface area (Å²) in [5.74, 6) is -1.12. The van der Waals surface area contributed by atoms with Gasteiger partial charge in [0.1, 0.15) is 11.6 Å². The van der Waals surface area contributed by atoms with Gasteiger partial charge in [0.05, 0.1) is 33.0 Å². The summed E-state index contributed by atoms with van der Waals surface area (Å²) in [6.45, 7) is 3.83. The summed E-state index contributed by atoms with van der Waals surface area (Å²) < 4.78 is 41.8. The number of thiophene rings is 1. The molecule has 0 aliphatic heterocycles. The van der Waals surface area contributed by atoms with Crippen molar-refractivity contribution in [3.63, 3.8) is 0 Å². The fourth-order valence-corrected chi connectivity index (χ4v) is 6.09. The lowest BCUT2D eigenvalue weighted by molar-refractivity contribution is 0.0991. The second-order valence-electron chi connectivity index (χ2n) is 10.9. The van der Waals surface area contributed by atoms with E-state index >= 15 is 4.39 Å². The third-order valence-electron chi connectivity index (χ3n) is 7.41. The van der Waals surface area contributed by atoms with Crippen LogP contribution in [0, 0.1) is 18.6 Å². The highest BCUT2D eigenvalue weighted by molar-refractivity contribution is 7.22. The number of ketones is 1. The molecule has 8 nitrogen and oxygen atoms in total. The van der Waals surface area contributed by atoms with E-state index in [-0.39, 0.29) is 30.1 Å². The van der Waals surface area contributed by atoms with Crippen LogP contribution in [0.1, 0.15) is 27.0 Å².